The minimum atomic E-state index is -0.414. The van der Waals surface area contributed by atoms with Gasteiger partial charge >= 0.3 is 5.97 Å². The van der Waals surface area contributed by atoms with Gasteiger partial charge in [-0.25, -0.2) is 9.78 Å². The van der Waals surface area contributed by atoms with E-state index in [1.54, 1.807) is 19.9 Å². The van der Waals surface area contributed by atoms with Crippen molar-refractivity contribution in [3.63, 3.8) is 0 Å². The van der Waals surface area contributed by atoms with Crippen LogP contribution in [-0.4, -0.2) is 35.6 Å². The quantitative estimate of drug-likeness (QED) is 0.606. The number of hydrogen-bond acceptors (Lipinski definition) is 6. The number of rotatable bonds is 5. The molecule has 1 N–H and O–H groups in total. The minimum absolute atomic E-state index is 0.246. The summed E-state index contributed by atoms with van der Waals surface area (Å²) in [6.45, 7) is 6.04. The summed E-state index contributed by atoms with van der Waals surface area (Å²) in [5.41, 5.74) is 2.66. The molecular formula is C23H25N3O3S. The van der Waals surface area contributed by atoms with Crippen molar-refractivity contribution in [3.05, 3.63) is 56.4 Å². The first-order valence-electron chi connectivity index (χ1n) is 10.3. The molecule has 0 spiro atoms. The van der Waals surface area contributed by atoms with E-state index in [9.17, 15) is 9.59 Å². The van der Waals surface area contributed by atoms with E-state index in [1.807, 2.05) is 6.08 Å². The number of nitrogens with zero attached hydrogens (tertiary/aromatic N) is 2. The van der Waals surface area contributed by atoms with Crippen molar-refractivity contribution in [2.75, 3.05) is 24.6 Å². The summed E-state index contributed by atoms with van der Waals surface area (Å²) in [4.78, 5) is 35.4. The molecule has 0 unspecified atom stereocenters. The molecule has 30 heavy (non-hydrogen) atoms. The molecule has 0 bridgehead atoms. The SMILES string of the molecule is CCOC(=O)c1sc2nc(C=Cc3ccc(N4CCCCC4)cc3)[nH]c(=O)c2c1C. The zero-order valence-corrected chi connectivity index (χ0v) is 18.1. The first-order chi connectivity index (χ1) is 14.6. The Bertz CT molecular complexity index is 1140. The van der Waals surface area contributed by atoms with Crippen LogP contribution < -0.4 is 10.5 Å². The predicted octanol–water partition coefficient (Wildman–Crippen LogP) is 4.63. The van der Waals surface area contributed by atoms with E-state index in [1.165, 1.54) is 36.3 Å². The van der Waals surface area contributed by atoms with E-state index >= 15 is 0 Å². The highest BCUT2D eigenvalue weighted by molar-refractivity contribution is 7.20. The monoisotopic (exact) mass is 423 g/mol. The van der Waals surface area contributed by atoms with Gasteiger partial charge in [-0.1, -0.05) is 18.2 Å². The highest BCUT2D eigenvalue weighted by Crippen LogP contribution is 2.28. The molecule has 0 radical (unpaired) electrons. The molecule has 3 heterocycles. The van der Waals surface area contributed by atoms with Crippen LogP contribution in [0, 0.1) is 6.92 Å². The fraction of sp³-hybridized carbons (Fsp3) is 0.348. The standard InChI is InChI=1S/C23H25N3O3S/c1-3-29-23(28)20-15(2)19-21(27)24-18(25-22(19)30-20)12-9-16-7-10-17(11-8-16)26-13-5-4-6-14-26/h7-12H,3-6,13-14H2,1-2H3,(H,24,25,27). The number of aryl methyl sites for hydroxylation is 1. The largest absolute Gasteiger partial charge is 0.462 e. The van der Waals surface area contributed by atoms with Crippen LogP contribution in [0.2, 0.25) is 0 Å². The summed E-state index contributed by atoms with van der Waals surface area (Å²) in [7, 11) is 0. The fourth-order valence-corrected chi connectivity index (χ4v) is 4.84. The number of esters is 1. The van der Waals surface area contributed by atoms with Gasteiger partial charge in [0.25, 0.3) is 5.56 Å². The molecule has 4 rings (SSSR count). The highest BCUT2D eigenvalue weighted by atomic mass is 32.1. The summed E-state index contributed by atoms with van der Waals surface area (Å²) in [6.07, 6.45) is 7.54. The third-order valence-electron chi connectivity index (χ3n) is 5.33. The van der Waals surface area contributed by atoms with Crippen LogP contribution in [-0.2, 0) is 4.74 Å². The summed E-state index contributed by atoms with van der Waals surface area (Å²) in [5.74, 6) is 0.0487. The number of fused-ring (bicyclic) bond motifs is 1. The first kappa shape index (κ1) is 20.3. The van der Waals surface area contributed by atoms with E-state index in [-0.39, 0.29) is 5.56 Å². The van der Waals surface area contributed by atoms with Gasteiger partial charge in [-0.15, -0.1) is 11.3 Å². The van der Waals surface area contributed by atoms with Crippen molar-refractivity contribution in [2.45, 2.75) is 33.1 Å². The maximum absolute atomic E-state index is 12.6. The molecule has 0 atom stereocenters. The van der Waals surface area contributed by atoms with E-state index < -0.39 is 5.97 Å². The molecule has 1 aliphatic rings. The Morgan fingerprint density at radius 2 is 1.93 bits per heavy atom. The van der Waals surface area contributed by atoms with E-state index in [4.69, 9.17) is 4.74 Å². The number of nitrogens with one attached hydrogen (secondary N) is 1. The Labute approximate surface area is 179 Å². The number of ether oxygens (including phenoxy) is 1. The number of hydrogen-bond donors (Lipinski definition) is 1. The van der Waals surface area contributed by atoms with Gasteiger partial charge in [-0.05, 0) is 62.4 Å². The number of H-pyrrole nitrogens is 1. The van der Waals surface area contributed by atoms with Crippen molar-refractivity contribution >= 4 is 45.4 Å². The lowest BCUT2D eigenvalue weighted by molar-refractivity contribution is 0.0531. The zero-order valence-electron chi connectivity index (χ0n) is 17.2. The van der Waals surface area contributed by atoms with Crippen molar-refractivity contribution in [2.24, 2.45) is 0 Å². The number of aromatic amines is 1. The molecule has 0 amide bonds. The third-order valence-corrected chi connectivity index (χ3v) is 6.49. The molecule has 7 heteroatoms. The molecule has 3 aromatic rings. The van der Waals surface area contributed by atoms with Crippen molar-refractivity contribution in [1.82, 2.24) is 9.97 Å². The van der Waals surface area contributed by atoms with Gasteiger partial charge < -0.3 is 14.6 Å². The highest BCUT2D eigenvalue weighted by Gasteiger charge is 2.19. The Balaban J connectivity index is 1.56. The normalized spacial score (nSPS) is 14.5. The summed E-state index contributed by atoms with van der Waals surface area (Å²) < 4.78 is 5.08. The van der Waals surface area contributed by atoms with Gasteiger partial charge in [0.15, 0.2) is 0 Å². The number of thiophene rings is 1. The number of carbonyl (C=O) groups is 1. The maximum atomic E-state index is 12.6. The smallest absolute Gasteiger partial charge is 0.348 e. The molecule has 1 saturated heterocycles. The molecule has 2 aromatic heterocycles. The van der Waals surface area contributed by atoms with Crippen LogP contribution in [0.3, 0.4) is 0 Å². The Hall–Kier alpha value is -2.93. The molecule has 156 valence electrons. The van der Waals surface area contributed by atoms with Crippen LogP contribution in [0.4, 0.5) is 5.69 Å². The summed E-state index contributed by atoms with van der Waals surface area (Å²) >= 11 is 1.19. The predicted molar refractivity (Wildman–Crippen MR) is 122 cm³/mol. The first-order valence-corrected chi connectivity index (χ1v) is 11.1. The number of benzene rings is 1. The average Bonchev–Trinajstić information content (AvgIpc) is 3.10. The Morgan fingerprint density at radius 1 is 1.20 bits per heavy atom. The molecule has 1 fully saturated rings. The van der Waals surface area contributed by atoms with Crippen LogP contribution in [0.5, 0.6) is 0 Å². The molecule has 0 aliphatic carbocycles. The van der Waals surface area contributed by atoms with Gasteiger partial charge in [0.1, 0.15) is 15.5 Å². The molecule has 0 saturated carbocycles. The van der Waals surface area contributed by atoms with E-state index in [0.717, 1.165) is 18.7 Å². The lowest BCUT2D eigenvalue weighted by atomic mass is 10.1. The van der Waals surface area contributed by atoms with Gasteiger partial charge in [0.05, 0.1) is 12.0 Å². The van der Waals surface area contributed by atoms with Crippen molar-refractivity contribution < 1.29 is 9.53 Å². The lowest BCUT2D eigenvalue weighted by Gasteiger charge is -2.28. The molecule has 6 nitrogen and oxygen atoms in total. The second-order valence-corrected chi connectivity index (χ2v) is 8.38. The Morgan fingerprint density at radius 3 is 2.63 bits per heavy atom. The number of aromatic nitrogens is 2. The number of carbonyl (C=O) groups excluding carboxylic acids is 1. The van der Waals surface area contributed by atoms with Crippen LogP contribution in [0.1, 0.15) is 52.8 Å². The number of anilines is 1. The second-order valence-electron chi connectivity index (χ2n) is 7.38. The average molecular weight is 424 g/mol. The third kappa shape index (κ3) is 4.16. The van der Waals surface area contributed by atoms with Gasteiger partial charge in [0, 0.05) is 18.8 Å². The van der Waals surface area contributed by atoms with Crippen LogP contribution >= 0.6 is 11.3 Å². The van der Waals surface area contributed by atoms with E-state index in [2.05, 4.69) is 39.1 Å². The number of piperidine rings is 1. The summed E-state index contributed by atoms with van der Waals surface area (Å²) in [5, 5.41) is 0.450. The van der Waals surface area contributed by atoms with E-state index in [0.29, 0.717) is 33.1 Å². The van der Waals surface area contributed by atoms with Gasteiger partial charge in [-0.2, -0.15) is 0 Å². The molecule has 1 aromatic carbocycles. The van der Waals surface area contributed by atoms with Crippen LogP contribution in [0.15, 0.2) is 29.1 Å². The summed E-state index contributed by atoms with van der Waals surface area (Å²) in [6, 6.07) is 8.42. The molecule has 1 aliphatic heterocycles. The zero-order chi connectivity index (χ0) is 21.1. The Kier molecular flexibility index (Phi) is 5.99. The minimum Gasteiger partial charge on any atom is -0.462 e. The van der Waals surface area contributed by atoms with Crippen molar-refractivity contribution in [3.8, 4) is 0 Å². The second kappa shape index (κ2) is 8.83. The fourth-order valence-electron chi connectivity index (χ4n) is 3.75. The van der Waals surface area contributed by atoms with Gasteiger partial charge in [0.2, 0.25) is 0 Å². The van der Waals surface area contributed by atoms with Crippen LogP contribution in [0.25, 0.3) is 22.4 Å². The van der Waals surface area contributed by atoms with Crippen molar-refractivity contribution in [1.29, 1.82) is 0 Å². The lowest BCUT2D eigenvalue weighted by Crippen LogP contribution is -2.29. The van der Waals surface area contributed by atoms with Gasteiger partial charge in [-0.3, -0.25) is 4.79 Å². The topological polar surface area (TPSA) is 75.3 Å². The maximum Gasteiger partial charge on any atom is 0.348 e. The molecular weight excluding hydrogens is 398 g/mol.